The molecule has 1 aromatic rings. The first-order chi connectivity index (χ1) is 12.1. The molecule has 0 amide bonds. The lowest BCUT2D eigenvalue weighted by atomic mass is 10.1. The van der Waals surface area contributed by atoms with E-state index in [-0.39, 0.29) is 19.6 Å². The predicted molar refractivity (Wildman–Crippen MR) is 95.5 cm³/mol. The van der Waals surface area contributed by atoms with Crippen LogP contribution in [0.15, 0.2) is 30.3 Å². The summed E-state index contributed by atoms with van der Waals surface area (Å²) in [6.07, 6.45) is 1.76. The van der Waals surface area contributed by atoms with Gasteiger partial charge in [-0.25, -0.2) is 4.79 Å². The van der Waals surface area contributed by atoms with Crippen molar-refractivity contribution in [2.45, 2.75) is 31.8 Å². The molecule has 0 N–H and O–H groups in total. The van der Waals surface area contributed by atoms with Gasteiger partial charge in [0.05, 0.1) is 25.7 Å². The Kier molecular flexibility index (Phi) is 9.20. The van der Waals surface area contributed by atoms with Crippen molar-refractivity contribution < 1.29 is 34.7 Å². The summed E-state index contributed by atoms with van der Waals surface area (Å²) in [5.41, 5.74) is 0.985. The van der Waals surface area contributed by atoms with Gasteiger partial charge >= 0.3 is 5.97 Å². The van der Waals surface area contributed by atoms with Crippen molar-refractivity contribution in [3.05, 3.63) is 35.9 Å². The zero-order valence-corrected chi connectivity index (χ0v) is 16.4. The van der Waals surface area contributed by atoms with Gasteiger partial charge in [0.25, 0.3) is 20.2 Å². The Morgan fingerprint density at radius 1 is 0.962 bits per heavy atom. The van der Waals surface area contributed by atoms with Gasteiger partial charge < -0.3 is 4.74 Å². The Morgan fingerprint density at radius 3 is 2.19 bits per heavy atom. The van der Waals surface area contributed by atoms with Gasteiger partial charge in [-0.1, -0.05) is 30.3 Å². The van der Waals surface area contributed by atoms with E-state index in [1.807, 2.05) is 30.3 Å². The molecule has 148 valence electrons. The summed E-state index contributed by atoms with van der Waals surface area (Å²) in [5, 5.41) is 0. The first-order valence-corrected chi connectivity index (χ1v) is 11.6. The number of benzene rings is 1. The van der Waals surface area contributed by atoms with Gasteiger partial charge in [-0.3, -0.25) is 8.37 Å². The molecule has 0 fully saturated rings. The number of unbranched alkanes of at least 4 members (excludes halogenated alkanes) is 1. The first-order valence-electron chi connectivity index (χ1n) is 8.00. The fraction of sp³-hybridized carbons (Fsp3) is 0.562. The maximum atomic E-state index is 12.1. The van der Waals surface area contributed by atoms with Crippen LogP contribution in [0.25, 0.3) is 0 Å². The normalized spacial score (nSPS) is 13.3. The molecule has 10 heteroatoms. The van der Waals surface area contributed by atoms with Crippen LogP contribution in [-0.4, -0.2) is 54.6 Å². The largest absolute Gasteiger partial charge is 0.463 e. The second kappa shape index (κ2) is 10.6. The van der Waals surface area contributed by atoms with Crippen LogP contribution in [-0.2, 0) is 44.6 Å². The van der Waals surface area contributed by atoms with Crippen molar-refractivity contribution in [3.8, 4) is 0 Å². The number of hydrogen-bond acceptors (Lipinski definition) is 8. The molecule has 0 aliphatic heterocycles. The van der Waals surface area contributed by atoms with E-state index in [9.17, 15) is 21.6 Å². The number of carbonyl (C=O) groups is 1. The van der Waals surface area contributed by atoms with Crippen LogP contribution >= 0.6 is 0 Å². The van der Waals surface area contributed by atoms with Gasteiger partial charge in [0.2, 0.25) is 0 Å². The van der Waals surface area contributed by atoms with Gasteiger partial charge in [-0.05, 0) is 24.8 Å². The van der Waals surface area contributed by atoms with Crippen LogP contribution in [0.1, 0.15) is 24.8 Å². The van der Waals surface area contributed by atoms with E-state index in [1.54, 1.807) is 0 Å². The molecule has 26 heavy (non-hydrogen) atoms. The zero-order chi connectivity index (χ0) is 19.6. The molecule has 0 saturated heterocycles. The topological polar surface area (TPSA) is 113 Å². The molecule has 0 aliphatic carbocycles. The minimum absolute atomic E-state index is 0.0481. The highest BCUT2D eigenvalue weighted by atomic mass is 32.2. The monoisotopic (exact) mass is 408 g/mol. The number of esters is 1. The standard InChI is InChI=1S/C16H24O8S2/c1-25(18,19)23-12-7-6-10-15(24-26(2,20)21)16(17)22-13-11-14-8-4-3-5-9-14/h3-5,8-9,15H,6-7,10-13H2,1-2H3. The third-order valence-electron chi connectivity index (χ3n) is 3.19. The van der Waals surface area contributed by atoms with Crippen molar-refractivity contribution in [1.29, 1.82) is 0 Å². The molecule has 0 aromatic heterocycles. The molecule has 1 aromatic carbocycles. The molecule has 0 radical (unpaired) electrons. The van der Waals surface area contributed by atoms with Crippen LogP contribution in [0.3, 0.4) is 0 Å². The third kappa shape index (κ3) is 11.2. The fourth-order valence-electron chi connectivity index (χ4n) is 2.07. The van der Waals surface area contributed by atoms with Gasteiger partial charge in [-0.15, -0.1) is 0 Å². The van der Waals surface area contributed by atoms with Gasteiger partial charge in [0.15, 0.2) is 6.10 Å². The number of ether oxygens (including phenoxy) is 1. The summed E-state index contributed by atoms with van der Waals surface area (Å²) in [5.74, 6) is -0.768. The summed E-state index contributed by atoms with van der Waals surface area (Å²) >= 11 is 0. The first kappa shape index (κ1) is 22.6. The summed E-state index contributed by atoms with van der Waals surface area (Å²) in [6.45, 7) is 0.0527. The molecule has 0 spiro atoms. The van der Waals surface area contributed by atoms with E-state index in [0.717, 1.165) is 18.1 Å². The molecule has 1 unspecified atom stereocenters. The van der Waals surface area contributed by atoms with Crippen LogP contribution in [0, 0.1) is 0 Å². The highest BCUT2D eigenvalue weighted by molar-refractivity contribution is 7.86. The summed E-state index contributed by atoms with van der Waals surface area (Å²) in [7, 11) is -7.37. The lowest BCUT2D eigenvalue weighted by Crippen LogP contribution is -2.29. The van der Waals surface area contributed by atoms with Crippen molar-refractivity contribution in [1.82, 2.24) is 0 Å². The van der Waals surface area contributed by atoms with Crippen LogP contribution in [0.2, 0.25) is 0 Å². The zero-order valence-electron chi connectivity index (χ0n) is 14.8. The second-order valence-corrected chi connectivity index (χ2v) is 8.96. The van der Waals surface area contributed by atoms with Gasteiger partial charge in [-0.2, -0.15) is 16.8 Å². The fourth-order valence-corrected chi connectivity index (χ4v) is 3.08. The molecule has 0 heterocycles. The lowest BCUT2D eigenvalue weighted by Gasteiger charge is -2.15. The van der Waals surface area contributed by atoms with Crippen molar-refractivity contribution in [2.75, 3.05) is 25.7 Å². The minimum atomic E-state index is -3.84. The van der Waals surface area contributed by atoms with Crippen LogP contribution in [0.4, 0.5) is 0 Å². The van der Waals surface area contributed by atoms with Crippen LogP contribution in [0.5, 0.6) is 0 Å². The van der Waals surface area contributed by atoms with Crippen molar-refractivity contribution >= 4 is 26.2 Å². The summed E-state index contributed by atoms with van der Waals surface area (Å²) in [6, 6.07) is 9.38. The Morgan fingerprint density at radius 2 is 1.62 bits per heavy atom. The predicted octanol–water partition coefficient (Wildman–Crippen LogP) is 1.26. The SMILES string of the molecule is CS(=O)(=O)OCCCCC(OS(C)(=O)=O)C(=O)OCCc1ccccc1. The van der Waals surface area contributed by atoms with Crippen molar-refractivity contribution in [3.63, 3.8) is 0 Å². The highest BCUT2D eigenvalue weighted by Crippen LogP contribution is 2.11. The maximum absolute atomic E-state index is 12.1. The van der Waals surface area contributed by atoms with E-state index < -0.39 is 32.3 Å². The number of carbonyl (C=O) groups excluding carboxylic acids is 1. The molecule has 1 rings (SSSR count). The van der Waals surface area contributed by atoms with E-state index in [0.29, 0.717) is 19.3 Å². The Bertz CT molecular complexity index is 757. The molecule has 1 atom stereocenters. The Labute approximate surface area is 154 Å². The lowest BCUT2D eigenvalue weighted by molar-refractivity contribution is -0.152. The van der Waals surface area contributed by atoms with Gasteiger partial charge in [0, 0.05) is 6.42 Å². The van der Waals surface area contributed by atoms with Crippen LogP contribution < -0.4 is 0 Å². The molecule has 0 aliphatic rings. The maximum Gasteiger partial charge on any atom is 0.336 e. The molecule has 0 bridgehead atoms. The second-order valence-electron chi connectivity index (χ2n) is 5.71. The molecular formula is C16H24O8S2. The molecule has 0 saturated carbocycles. The Hall–Kier alpha value is -1.49. The quantitative estimate of drug-likeness (QED) is 0.289. The van der Waals surface area contributed by atoms with E-state index in [4.69, 9.17) is 8.92 Å². The highest BCUT2D eigenvalue weighted by Gasteiger charge is 2.25. The molecular weight excluding hydrogens is 384 g/mol. The Balaban J connectivity index is 2.46. The summed E-state index contributed by atoms with van der Waals surface area (Å²) in [4.78, 5) is 12.1. The summed E-state index contributed by atoms with van der Waals surface area (Å²) < 4.78 is 58.9. The third-order valence-corrected chi connectivity index (χ3v) is 4.37. The minimum Gasteiger partial charge on any atom is -0.463 e. The van der Waals surface area contributed by atoms with Gasteiger partial charge in [0.1, 0.15) is 0 Å². The molecule has 8 nitrogen and oxygen atoms in total. The van der Waals surface area contributed by atoms with Crippen molar-refractivity contribution in [2.24, 2.45) is 0 Å². The van der Waals surface area contributed by atoms with E-state index in [1.165, 1.54) is 0 Å². The van der Waals surface area contributed by atoms with E-state index >= 15 is 0 Å². The smallest absolute Gasteiger partial charge is 0.336 e. The average molecular weight is 408 g/mol. The average Bonchev–Trinajstić information content (AvgIpc) is 2.52. The number of rotatable bonds is 12. The van der Waals surface area contributed by atoms with E-state index in [2.05, 4.69) is 4.18 Å². The number of hydrogen-bond donors (Lipinski definition) is 0.